The molecule has 0 radical (unpaired) electrons. The molecule has 3 heteroatoms. The van der Waals surface area contributed by atoms with Crippen molar-refractivity contribution in [2.24, 2.45) is 0 Å². The summed E-state index contributed by atoms with van der Waals surface area (Å²) in [7, 11) is 0. The van der Waals surface area contributed by atoms with Crippen molar-refractivity contribution in [1.29, 1.82) is 5.26 Å². The van der Waals surface area contributed by atoms with Gasteiger partial charge in [-0.15, -0.1) is 0 Å². The molecule has 0 saturated heterocycles. The number of para-hydroxylation sites is 2. The second-order valence-corrected chi connectivity index (χ2v) is 5.24. The van der Waals surface area contributed by atoms with Crippen LogP contribution in [0, 0.1) is 11.3 Å². The summed E-state index contributed by atoms with van der Waals surface area (Å²) in [6.07, 6.45) is 0.532. The third-order valence-corrected chi connectivity index (χ3v) is 3.85. The van der Waals surface area contributed by atoms with Crippen molar-refractivity contribution in [2.75, 3.05) is 24.6 Å². The highest BCUT2D eigenvalue weighted by atomic mass is 16.5. The van der Waals surface area contributed by atoms with Crippen molar-refractivity contribution in [3.63, 3.8) is 0 Å². The molecule has 0 aromatic heterocycles. The number of anilines is 1. The molecule has 21 heavy (non-hydrogen) atoms. The largest absolute Gasteiger partial charge is 0.493 e. The van der Waals surface area contributed by atoms with E-state index in [0.29, 0.717) is 12.3 Å². The Labute approximate surface area is 125 Å². The zero-order valence-corrected chi connectivity index (χ0v) is 11.9. The molecule has 2 aromatic carbocycles. The summed E-state index contributed by atoms with van der Waals surface area (Å²) in [5.41, 5.74) is 2.44. The van der Waals surface area contributed by atoms with Crippen molar-refractivity contribution in [3.05, 3.63) is 60.2 Å². The van der Waals surface area contributed by atoms with Crippen LogP contribution in [0.3, 0.4) is 0 Å². The summed E-state index contributed by atoms with van der Waals surface area (Å²) < 4.78 is 5.76. The average molecular weight is 278 g/mol. The molecule has 2 aromatic rings. The van der Waals surface area contributed by atoms with Crippen LogP contribution in [0.1, 0.15) is 17.9 Å². The fourth-order valence-corrected chi connectivity index (χ4v) is 2.80. The minimum absolute atomic E-state index is 0.361. The van der Waals surface area contributed by atoms with E-state index in [9.17, 15) is 0 Å². The van der Waals surface area contributed by atoms with E-state index in [4.69, 9.17) is 10.00 Å². The van der Waals surface area contributed by atoms with Gasteiger partial charge in [0.05, 0.1) is 19.1 Å². The molecule has 0 amide bonds. The molecule has 0 saturated carbocycles. The number of benzene rings is 2. The number of nitrogens with zero attached hydrogens (tertiary/aromatic N) is 2. The number of hydrogen-bond acceptors (Lipinski definition) is 3. The summed E-state index contributed by atoms with van der Waals surface area (Å²) in [5, 5.41) is 8.88. The van der Waals surface area contributed by atoms with E-state index in [1.54, 1.807) is 0 Å². The second kappa shape index (κ2) is 6.32. The summed E-state index contributed by atoms with van der Waals surface area (Å²) in [6, 6.07) is 20.7. The van der Waals surface area contributed by atoms with E-state index in [2.05, 4.69) is 35.2 Å². The topological polar surface area (TPSA) is 36.3 Å². The molecule has 3 nitrogen and oxygen atoms in total. The maximum atomic E-state index is 8.88. The molecule has 3 rings (SSSR count). The van der Waals surface area contributed by atoms with Crippen molar-refractivity contribution in [3.8, 4) is 11.8 Å². The lowest BCUT2D eigenvalue weighted by Gasteiger charge is -2.26. The van der Waals surface area contributed by atoms with Crippen LogP contribution in [0.15, 0.2) is 54.6 Å². The Kier molecular flexibility index (Phi) is 4.07. The number of fused-ring (bicyclic) bond motifs is 1. The van der Waals surface area contributed by atoms with Crippen LogP contribution in [0.4, 0.5) is 5.69 Å². The van der Waals surface area contributed by atoms with Crippen LogP contribution in [0.25, 0.3) is 0 Å². The lowest BCUT2D eigenvalue weighted by atomic mass is 10.0. The quantitative estimate of drug-likeness (QED) is 0.838. The van der Waals surface area contributed by atoms with Gasteiger partial charge in [0.15, 0.2) is 0 Å². The molecule has 1 unspecified atom stereocenters. The third kappa shape index (κ3) is 3.00. The number of nitriles is 1. The predicted octanol–water partition coefficient (Wildman–Crippen LogP) is 3.58. The van der Waals surface area contributed by atoms with Gasteiger partial charge in [0.1, 0.15) is 5.75 Å². The van der Waals surface area contributed by atoms with E-state index in [0.717, 1.165) is 31.1 Å². The highest BCUT2D eigenvalue weighted by Crippen LogP contribution is 2.34. The van der Waals surface area contributed by atoms with Gasteiger partial charge >= 0.3 is 0 Å². The standard InChI is InChI=1S/C18H18N2O/c19-11-6-12-20(16-7-2-1-3-8-16)13-15-14-21-18-10-5-4-9-17(15)18/h1-5,7-10,15H,6,12-14H2. The Bertz CT molecular complexity index is 633. The molecule has 0 fully saturated rings. The third-order valence-electron chi connectivity index (χ3n) is 3.85. The molecule has 0 bridgehead atoms. The van der Waals surface area contributed by atoms with Gasteiger partial charge < -0.3 is 9.64 Å². The zero-order chi connectivity index (χ0) is 14.5. The fraction of sp³-hybridized carbons (Fsp3) is 0.278. The summed E-state index contributed by atoms with van der Waals surface area (Å²) in [4.78, 5) is 2.28. The Morgan fingerprint density at radius 2 is 1.86 bits per heavy atom. The van der Waals surface area contributed by atoms with E-state index < -0.39 is 0 Å². The van der Waals surface area contributed by atoms with Crippen molar-refractivity contribution >= 4 is 5.69 Å². The second-order valence-electron chi connectivity index (χ2n) is 5.24. The molecule has 0 N–H and O–H groups in total. The van der Waals surface area contributed by atoms with Crippen molar-refractivity contribution < 1.29 is 4.74 Å². The van der Waals surface area contributed by atoms with Gasteiger partial charge in [-0.3, -0.25) is 0 Å². The smallest absolute Gasteiger partial charge is 0.122 e. The highest BCUT2D eigenvalue weighted by Gasteiger charge is 2.25. The van der Waals surface area contributed by atoms with Crippen LogP contribution >= 0.6 is 0 Å². The molecule has 0 spiro atoms. The number of rotatable bonds is 5. The highest BCUT2D eigenvalue weighted by molar-refractivity contribution is 5.48. The maximum Gasteiger partial charge on any atom is 0.122 e. The first kappa shape index (κ1) is 13.5. The Morgan fingerprint density at radius 1 is 1.10 bits per heavy atom. The minimum Gasteiger partial charge on any atom is -0.493 e. The van der Waals surface area contributed by atoms with Crippen LogP contribution in [0.2, 0.25) is 0 Å². The van der Waals surface area contributed by atoms with E-state index in [-0.39, 0.29) is 0 Å². The summed E-state index contributed by atoms with van der Waals surface area (Å²) in [6.45, 7) is 2.34. The first-order valence-electron chi connectivity index (χ1n) is 7.27. The van der Waals surface area contributed by atoms with Crippen LogP contribution in [0.5, 0.6) is 5.75 Å². The first-order valence-corrected chi connectivity index (χ1v) is 7.27. The van der Waals surface area contributed by atoms with Crippen LogP contribution < -0.4 is 9.64 Å². The Morgan fingerprint density at radius 3 is 2.67 bits per heavy atom. The molecule has 1 heterocycles. The zero-order valence-electron chi connectivity index (χ0n) is 11.9. The molecular formula is C18H18N2O. The van der Waals surface area contributed by atoms with Gasteiger partial charge in [-0.1, -0.05) is 36.4 Å². The Balaban J connectivity index is 1.78. The number of hydrogen-bond donors (Lipinski definition) is 0. The summed E-state index contributed by atoms with van der Waals surface area (Å²) in [5.74, 6) is 1.36. The first-order chi connectivity index (χ1) is 10.4. The van der Waals surface area contributed by atoms with Crippen LogP contribution in [-0.4, -0.2) is 19.7 Å². The molecule has 1 aliphatic rings. The predicted molar refractivity (Wildman–Crippen MR) is 83.6 cm³/mol. The maximum absolute atomic E-state index is 8.88. The van der Waals surface area contributed by atoms with Crippen molar-refractivity contribution in [1.82, 2.24) is 0 Å². The minimum atomic E-state index is 0.361. The normalized spacial score (nSPS) is 15.9. The summed E-state index contributed by atoms with van der Waals surface area (Å²) >= 11 is 0. The van der Waals surface area contributed by atoms with Gasteiger partial charge in [-0.25, -0.2) is 0 Å². The molecular weight excluding hydrogens is 260 g/mol. The van der Waals surface area contributed by atoms with E-state index in [1.165, 1.54) is 5.56 Å². The lowest BCUT2D eigenvalue weighted by molar-refractivity contribution is 0.331. The van der Waals surface area contributed by atoms with Crippen molar-refractivity contribution in [2.45, 2.75) is 12.3 Å². The van der Waals surface area contributed by atoms with Gasteiger partial charge in [0.25, 0.3) is 0 Å². The fourth-order valence-electron chi connectivity index (χ4n) is 2.80. The molecule has 106 valence electrons. The van der Waals surface area contributed by atoms with Gasteiger partial charge in [-0.05, 0) is 18.2 Å². The number of ether oxygens (including phenoxy) is 1. The van der Waals surface area contributed by atoms with Gasteiger partial charge in [0, 0.05) is 30.3 Å². The monoisotopic (exact) mass is 278 g/mol. The van der Waals surface area contributed by atoms with Gasteiger partial charge in [-0.2, -0.15) is 5.26 Å². The van der Waals surface area contributed by atoms with Crippen LogP contribution in [-0.2, 0) is 0 Å². The van der Waals surface area contributed by atoms with Gasteiger partial charge in [0.2, 0.25) is 0 Å². The van der Waals surface area contributed by atoms with E-state index >= 15 is 0 Å². The molecule has 1 aliphatic heterocycles. The Hall–Kier alpha value is -2.47. The SMILES string of the molecule is N#CCCN(CC1COc2ccccc21)c1ccccc1. The average Bonchev–Trinajstić information content (AvgIpc) is 2.95. The van der Waals surface area contributed by atoms with E-state index in [1.807, 2.05) is 30.3 Å². The molecule has 0 aliphatic carbocycles. The lowest BCUT2D eigenvalue weighted by Crippen LogP contribution is -2.30. The molecule has 1 atom stereocenters.